The number of hydrogen-bond acceptors (Lipinski definition) is 12. The first-order chi connectivity index (χ1) is 18.9. The number of rotatable bonds is 2. The molecule has 0 radical (unpaired) electrons. The Balaban J connectivity index is 0.000000130. The topological polar surface area (TPSA) is 217 Å². The van der Waals surface area contributed by atoms with Crippen LogP contribution >= 0.6 is 12.2 Å². The molecule has 15 nitrogen and oxygen atoms in total. The van der Waals surface area contributed by atoms with Crippen molar-refractivity contribution in [3.8, 4) is 0 Å². The predicted molar refractivity (Wildman–Crippen MR) is 142 cm³/mol. The molecule has 1 saturated heterocycles. The first-order valence-corrected chi connectivity index (χ1v) is 12.5. The second-order valence-corrected chi connectivity index (χ2v) is 9.11. The minimum absolute atomic E-state index is 0.261. The number of nitrogens with two attached hydrogens (primary N) is 1. The molecule has 4 atom stereocenters. The summed E-state index contributed by atoms with van der Waals surface area (Å²) in [5.74, 6) is 0.659. The van der Waals surface area contributed by atoms with Gasteiger partial charge in [-0.25, -0.2) is 19.9 Å². The number of hydrogen-bond donors (Lipinski definition) is 7. The Morgan fingerprint density at radius 1 is 1.18 bits per heavy atom. The maximum atomic E-state index is 11.6. The minimum Gasteiger partial charge on any atom is -0.388 e. The van der Waals surface area contributed by atoms with Crippen molar-refractivity contribution in [1.82, 2.24) is 39.8 Å². The number of ether oxygens (including phenoxy) is 1. The number of aromatic nitrogens is 7. The average molecular weight is 554 g/mol. The van der Waals surface area contributed by atoms with Gasteiger partial charge in [-0.15, -0.1) is 0 Å². The van der Waals surface area contributed by atoms with E-state index in [2.05, 4.69) is 45.5 Å². The average Bonchev–Trinajstić information content (AvgIpc) is 3.73. The number of carbonyl (C=O) groups is 1. The lowest BCUT2D eigenvalue weighted by Gasteiger charge is -2.22. The van der Waals surface area contributed by atoms with Gasteiger partial charge in [-0.3, -0.25) is 14.4 Å². The Hall–Kier alpha value is -4.25. The van der Waals surface area contributed by atoms with Crippen molar-refractivity contribution in [3.63, 3.8) is 0 Å². The van der Waals surface area contributed by atoms with Gasteiger partial charge in [0.15, 0.2) is 23.4 Å². The standard InChI is InChI=1S/C11H16N4O4.C7H6N2S.C5H5N5/c1-2-5-7(16)8(17)11(19-5)15-4-14-6-9(15)12-3-13-10(6)18;10-6-2-4-9-7-5(6)1-3-8-7;6-4-3-5(9-1-7-3)10-2-8-4/h4-5,7-8,11-12,16-17H,2-3H2,1H3,(H,13,18);1-2,4H,3H2,(H,8,9);1-2H,(H3,6,7,8,9,10)/t5-,7-,8-,11?;;/m1../s1. The quantitative estimate of drug-likeness (QED) is 0.151. The third kappa shape index (κ3) is 5.22. The van der Waals surface area contributed by atoms with Gasteiger partial charge in [0.25, 0.3) is 5.91 Å². The molecule has 0 aliphatic carbocycles. The molecule has 16 heteroatoms. The van der Waals surface area contributed by atoms with Crippen molar-refractivity contribution < 1.29 is 19.7 Å². The van der Waals surface area contributed by atoms with Crippen LogP contribution in [0.5, 0.6) is 0 Å². The molecule has 0 bridgehead atoms. The molecule has 3 aliphatic heterocycles. The fourth-order valence-electron chi connectivity index (χ4n) is 4.30. The summed E-state index contributed by atoms with van der Waals surface area (Å²) in [6.45, 7) is 2.93. The number of aromatic amines is 2. The van der Waals surface area contributed by atoms with Crippen LogP contribution < -0.4 is 27.1 Å². The summed E-state index contributed by atoms with van der Waals surface area (Å²) in [7, 11) is 0. The molecule has 39 heavy (non-hydrogen) atoms. The van der Waals surface area contributed by atoms with E-state index in [-0.39, 0.29) is 11.6 Å². The number of amides is 1. The highest BCUT2D eigenvalue weighted by atomic mass is 32.1. The van der Waals surface area contributed by atoms with Crippen LogP contribution in [-0.2, 0) is 4.74 Å². The lowest BCUT2D eigenvalue weighted by Crippen LogP contribution is -2.36. The molecule has 4 aromatic heterocycles. The fourth-order valence-corrected chi connectivity index (χ4v) is 4.55. The smallest absolute Gasteiger partial charge is 0.275 e. The zero-order valence-electron chi connectivity index (χ0n) is 20.8. The zero-order valence-corrected chi connectivity index (χ0v) is 21.6. The highest BCUT2D eigenvalue weighted by Gasteiger charge is 2.44. The van der Waals surface area contributed by atoms with E-state index >= 15 is 0 Å². The van der Waals surface area contributed by atoms with Gasteiger partial charge in [0.05, 0.1) is 32.0 Å². The summed E-state index contributed by atoms with van der Waals surface area (Å²) >= 11 is 5.07. The van der Waals surface area contributed by atoms with Gasteiger partial charge in [-0.05, 0) is 12.5 Å². The largest absolute Gasteiger partial charge is 0.388 e. The molecule has 7 rings (SSSR count). The molecule has 7 heterocycles. The summed E-state index contributed by atoms with van der Waals surface area (Å²) in [4.78, 5) is 37.2. The molecule has 1 unspecified atom stereocenters. The summed E-state index contributed by atoms with van der Waals surface area (Å²) in [5, 5.41) is 26.6. The number of nitrogens with one attached hydrogen (secondary N) is 4. The number of nitrogens with zero attached hydrogens (tertiary/aromatic N) is 6. The number of fused-ring (bicyclic) bond motifs is 3. The molecule has 0 aromatic carbocycles. The highest BCUT2D eigenvalue weighted by Crippen LogP contribution is 2.34. The third-order valence-electron chi connectivity index (χ3n) is 6.30. The highest BCUT2D eigenvalue weighted by molar-refractivity contribution is 7.71. The number of aliphatic hydroxyl groups excluding tert-OH is 2. The van der Waals surface area contributed by atoms with Gasteiger partial charge in [-0.2, -0.15) is 0 Å². The maximum Gasteiger partial charge on any atom is 0.275 e. The lowest BCUT2D eigenvalue weighted by atomic mass is 10.1. The zero-order chi connectivity index (χ0) is 27.5. The maximum absolute atomic E-state index is 11.6. The van der Waals surface area contributed by atoms with Crippen molar-refractivity contribution in [3.05, 3.63) is 52.2 Å². The van der Waals surface area contributed by atoms with Crippen molar-refractivity contribution in [2.24, 2.45) is 4.99 Å². The van der Waals surface area contributed by atoms with Crippen LogP contribution in [0.25, 0.3) is 17.2 Å². The van der Waals surface area contributed by atoms with Gasteiger partial charge in [0, 0.05) is 15.9 Å². The second-order valence-electron chi connectivity index (χ2n) is 8.67. The monoisotopic (exact) mass is 553 g/mol. The predicted octanol–water partition coefficient (Wildman–Crippen LogP) is -0.882. The fraction of sp³-hybridized carbons (Fsp3) is 0.348. The van der Waals surface area contributed by atoms with Crippen molar-refractivity contribution >= 4 is 47.0 Å². The summed E-state index contributed by atoms with van der Waals surface area (Å²) in [6.07, 6.45) is 5.66. The molecular formula is C23H27N11O4S. The van der Waals surface area contributed by atoms with E-state index < -0.39 is 24.5 Å². The molecule has 0 saturated carbocycles. The number of anilines is 2. The Morgan fingerprint density at radius 2 is 2.03 bits per heavy atom. The van der Waals surface area contributed by atoms with Gasteiger partial charge in [-0.1, -0.05) is 25.2 Å². The molecule has 204 valence electrons. The third-order valence-corrected chi connectivity index (χ3v) is 6.66. The van der Waals surface area contributed by atoms with Crippen molar-refractivity contribution in [1.29, 1.82) is 0 Å². The van der Waals surface area contributed by atoms with Crippen LogP contribution in [0, 0.1) is 4.51 Å². The summed E-state index contributed by atoms with van der Waals surface area (Å²) in [6, 6.07) is 1.88. The van der Waals surface area contributed by atoms with E-state index in [0.717, 1.165) is 21.8 Å². The van der Waals surface area contributed by atoms with Crippen LogP contribution in [0.1, 0.15) is 30.1 Å². The van der Waals surface area contributed by atoms with Crippen LogP contribution in [0.3, 0.4) is 0 Å². The molecule has 1 fully saturated rings. The molecule has 1 amide bonds. The number of pyridine rings is 1. The molecule has 0 spiro atoms. The van der Waals surface area contributed by atoms with E-state index in [0.29, 0.717) is 35.9 Å². The number of aliphatic hydroxyl groups is 2. The molecular weight excluding hydrogens is 526 g/mol. The van der Waals surface area contributed by atoms with Gasteiger partial charge >= 0.3 is 0 Å². The summed E-state index contributed by atoms with van der Waals surface area (Å²) < 4.78 is 8.07. The van der Waals surface area contributed by atoms with Crippen molar-refractivity contribution in [2.45, 2.75) is 37.9 Å². The Bertz CT molecular complexity index is 1670. The SMILES string of the molecule is CC[C@H]1OC(n2cnc3c2NCNC3=O)[C@H](O)[C@@H]1O.Nc1ncnc2nc[nH]c12.S=c1cc[nH]c2c1=CCN=2. The first kappa shape index (κ1) is 26.4. The van der Waals surface area contributed by atoms with Crippen LogP contribution in [0.15, 0.2) is 36.2 Å². The van der Waals surface area contributed by atoms with Gasteiger partial charge < -0.3 is 41.3 Å². The van der Waals surface area contributed by atoms with Crippen LogP contribution in [0.2, 0.25) is 0 Å². The van der Waals surface area contributed by atoms with E-state index in [1.165, 1.54) is 19.0 Å². The number of imidazole rings is 2. The van der Waals surface area contributed by atoms with Gasteiger partial charge in [0.1, 0.15) is 35.4 Å². The van der Waals surface area contributed by atoms with Crippen LogP contribution in [0.4, 0.5) is 11.6 Å². The Kier molecular flexibility index (Phi) is 7.60. The van der Waals surface area contributed by atoms with E-state index in [1.54, 1.807) is 4.57 Å². The van der Waals surface area contributed by atoms with E-state index in [9.17, 15) is 15.0 Å². The van der Waals surface area contributed by atoms with Gasteiger partial charge in [0.2, 0.25) is 0 Å². The Labute approximate surface area is 225 Å². The van der Waals surface area contributed by atoms with E-state index in [4.69, 9.17) is 22.7 Å². The summed E-state index contributed by atoms with van der Waals surface area (Å²) in [5.41, 5.74) is 7.96. The molecule has 8 N–H and O–H groups in total. The number of carbonyl (C=O) groups excluding carboxylic acids is 1. The minimum atomic E-state index is -1.05. The number of H-pyrrole nitrogens is 2. The number of nitrogen functional groups attached to an aromatic ring is 1. The first-order valence-electron chi connectivity index (χ1n) is 12.1. The van der Waals surface area contributed by atoms with E-state index in [1.807, 2.05) is 25.3 Å². The molecule has 3 aliphatic rings. The Morgan fingerprint density at radius 3 is 2.77 bits per heavy atom. The second kappa shape index (κ2) is 11.2. The lowest BCUT2D eigenvalue weighted by molar-refractivity contribution is -0.0365. The normalized spacial score (nSPS) is 22.6. The van der Waals surface area contributed by atoms with Crippen LogP contribution in [-0.4, -0.2) is 82.1 Å². The molecule has 4 aromatic rings. The van der Waals surface area contributed by atoms with Crippen molar-refractivity contribution in [2.75, 3.05) is 24.3 Å².